The van der Waals surface area contributed by atoms with E-state index in [0.29, 0.717) is 17.3 Å². The number of nitrogen functional groups attached to an aromatic ring is 1. The number of piperidine rings is 1. The lowest BCUT2D eigenvalue weighted by Crippen LogP contribution is -2.42. The highest BCUT2D eigenvalue weighted by Gasteiger charge is 2.50. The van der Waals surface area contributed by atoms with Gasteiger partial charge in [0.25, 0.3) is 5.91 Å². The first-order valence-corrected chi connectivity index (χ1v) is 14.6. The fourth-order valence-electron chi connectivity index (χ4n) is 6.60. The number of nitrogens with two attached hydrogens (primary N) is 2. The molecule has 3 heterocycles. The number of ether oxygens (including phenoxy) is 1. The van der Waals surface area contributed by atoms with Crippen LogP contribution in [0.1, 0.15) is 54.9 Å². The minimum atomic E-state index is -0.601. The number of carbonyl (C=O) groups is 2. The molecule has 41 heavy (non-hydrogen) atoms. The zero-order chi connectivity index (χ0) is 28.4. The predicted octanol–water partition coefficient (Wildman–Crippen LogP) is 4.62. The number of rotatable bonds is 8. The van der Waals surface area contributed by atoms with E-state index < -0.39 is 5.91 Å². The molecule has 0 unspecified atom stereocenters. The molecule has 2 aromatic carbocycles. The molecule has 214 valence electrons. The SMILES string of the molecule is NC(=O)c1c(-c2ccc(Oc3ccccc3)cc2)nn(C2CC3(CCN(C(=O)C=CCN4CCCCC4)C3)C2)c1N. The maximum atomic E-state index is 12.8. The summed E-state index contributed by atoms with van der Waals surface area (Å²) in [4.78, 5) is 29.7. The summed E-state index contributed by atoms with van der Waals surface area (Å²) in [5.74, 6) is 1.21. The maximum Gasteiger partial charge on any atom is 0.254 e. The van der Waals surface area contributed by atoms with Crippen molar-refractivity contribution in [3.63, 3.8) is 0 Å². The van der Waals surface area contributed by atoms with E-state index in [1.807, 2.05) is 65.6 Å². The zero-order valence-electron chi connectivity index (χ0n) is 23.4. The maximum absolute atomic E-state index is 12.8. The molecule has 4 N–H and O–H groups in total. The summed E-state index contributed by atoms with van der Waals surface area (Å²) in [5, 5.41) is 4.78. The van der Waals surface area contributed by atoms with Crippen LogP contribution >= 0.6 is 0 Å². The Hall–Kier alpha value is -4.11. The molecule has 1 saturated carbocycles. The van der Waals surface area contributed by atoms with Crippen LogP contribution in [-0.4, -0.2) is 64.1 Å². The second-order valence-electron chi connectivity index (χ2n) is 11.7. The second-order valence-corrected chi connectivity index (χ2v) is 11.7. The lowest BCUT2D eigenvalue weighted by Gasteiger charge is -2.45. The van der Waals surface area contributed by atoms with Crippen LogP contribution in [0.2, 0.25) is 0 Å². The van der Waals surface area contributed by atoms with E-state index in [0.717, 1.165) is 63.3 Å². The van der Waals surface area contributed by atoms with Gasteiger partial charge >= 0.3 is 0 Å². The van der Waals surface area contributed by atoms with Crippen LogP contribution in [0.5, 0.6) is 11.5 Å². The molecule has 9 heteroatoms. The largest absolute Gasteiger partial charge is 0.457 e. The molecular formula is C32H38N6O3. The number of hydrogen-bond donors (Lipinski definition) is 2. The number of nitrogens with zero attached hydrogens (tertiary/aromatic N) is 4. The molecule has 0 atom stereocenters. The van der Waals surface area contributed by atoms with Gasteiger partial charge in [-0.25, -0.2) is 4.68 Å². The molecule has 3 aliphatic rings. The van der Waals surface area contributed by atoms with Gasteiger partial charge in [0.1, 0.15) is 28.6 Å². The predicted molar refractivity (Wildman–Crippen MR) is 158 cm³/mol. The Bertz CT molecular complexity index is 1420. The summed E-state index contributed by atoms with van der Waals surface area (Å²) in [6.07, 6.45) is 10.3. The Labute approximate surface area is 240 Å². The number of anilines is 1. The summed E-state index contributed by atoms with van der Waals surface area (Å²) in [7, 11) is 0. The highest BCUT2D eigenvalue weighted by molar-refractivity contribution is 6.03. The standard InChI is InChI=1S/C32H38N6O3/c33-30-28(31(34)40)29(23-11-13-26(14-12-23)41-25-8-3-1-4-9-25)35-38(30)24-20-32(21-24)15-19-37(22-32)27(39)10-7-18-36-16-5-2-6-17-36/h1,3-4,7-14,24H,2,5-6,15-22,33H2,(H2,34,40). The van der Waals surface area contributed by atoms with E-state index in [1.165, 1.54) is 19.3 Å². The first-order chi connectivity index (χ1) is 19.9. The molecule has 6 rings (SSSR count). The molecule has 2 amide bonds. The summed E-state index contributed by atoms with van der Waals surface area (Å²) >= 11 is 0. The number of carbonyl (C=O) groups excluding carboxylic acids is 2. The smallest absolute Gasteiger partial charge is 0.254 e. The second kappa shape index (κ2) is 11.4. The number of primary amides is 1. The topological polar surface area (TPSA) is 120 Å². The molecular weight excluding hydrogens is 516 g/mol. The van der Waals surface area contributed by atoms with Crippen molar-refractivity contribution in [2.45, 2.75) is 44.6 Å². The van der Waals surface area contributed by atoms with Gasteiger partial charge < -0.3 is 21.1 Å². The van der Waals surface area contributed by atoms with Crippen LogP contribution < -0.4 is 16.2 Å². The van der Waals surface area contributed by atoms with Crippen LogP contribution in [0.4, 0.5) is 5.82 Å². The molecule has 0 bridgehead atoms. The third-order valence-electron chi connectivity index (χ3n) is 8.81. The minimum Gasteiger partial charge on any atom is -0.457 e. The molecule has 3 aromatic rings. The number of benzene rings is 2. The monoisotopic (exact) mass is 554 g/mol. The Morgan fingerprint density at radius 1 is 0.976 bits per heavy atom. The number of para-hydroxylation sites is 1. The highest BCUT2D eigenvalue weighted by atomic mass is 16.5. The van der Waals surface area contributed by atoms with Crippen molar-refractivity contribution in [3.8, 4) is 22.8 Å². The summed E-state index contributed by atoms with van der Waals surface area (Å²) in [6.45, 7) is 4.60. The van der Waals surface area contributed by atoms with E-state index in [4.69, 9.17) is 21.3 Å². The Kier molecular flexibility index (Phi) is 7.53. The van der Waals surface area contributed by atoms with Crippen molar-refractivity contribution < 1.29 is 14.3 Å². The van der Waals surface area contributed by atoms with Crippen LogP contribution in [0.15, 0.2) is 66.7 Å². The van der Waals surface area contributed by atoms with Crippen molar-refractivity contribution in [1.29, 1.82) is 0 Å². The quantitative estimate of drug-likeness (QED) is 0.392. The van der Waals surface area contributed by atoms with Crippen LogP contribution in [0.3, 0.4) is 0 Å². The zero-order valence-corrected chi connectivity index (χ0v) is 23.4. The fourth-order valence-corrected chi connectivity index (χ4v) is 6.60. The average molecular weight is 555 g/mol. The normalized spacial score (nSPS) is 22.7. The first-order valence-electron chi connectivity index (χ1n) is 14.6. The molecule has 9 nitrogen and oxygen atoms in total. The average Bonchev–Trinajstić information content (AvgIpc) is 3.56. The first kappa shape index (κ1) is 27.1. The molecule has 2 saturated heterocycles. The molecule has 2 aliphatic heterocycles. The van der Waals surface area contributed by atoms with Crippen LogP contribution in [0.25, 0.3) is 11.3 Å². The number of hydrogen-bond acceptors (Lipinski definition) is 6. The Morgan fingerprint density at radius 3 is 2.39 bits per heavy atom. The Balaban J connectivity index is 1.10. The number of likely N-dealkylation sites (tertiary alicyclic amines) is 2. The van der Waals surface area contributed by atoms with Crippen molar-refractivity contribution >= 4 is 17.6 Å². The van der Waals surface area contributed by atoms with Crippen molar-refractivity contribution in [2.24, 2.45) is 11.1 Å². The molecule has 1 aromatic heterocycles. The summed E-state index contributed by atoms with van der Waals surface area (Å²) in [5.41, 5.74) is 13.8. The van der Waals surface area contributed by atoms with Gasteiger partial charge in [-0.05, 0) is 87.0 Å². The molecule has 0 radical (unpaired) electrons. The van der Waals surface area contributed by atoms with Gasteiger partial charge in [-0.2, -0.15) is 5.10 Å². The number of aromatic nitrogens is 2. The molecule has 3 fully saturated rings. The van der Waals surface area contributed by atoms with Gasteiger partial charge in [0, 0.05) is 31.3 Å². The van der Waals surface area contributed by atoms with Crippen LogP contribution in [0, 0.1) is 5.41 Å². The van der Waals surface area contributed by atoms with Crippen LogP contribution in [-0.2, 0) is 4.79 Å². The Morgan fingerprint density at radius 2 is 1.68 bits per heavy atom. The van der Waals surface area contributed by atoms with Gasteiger partial charge in [0.2, 0.25) is 5.91 Å². The lowest BCUT2D eigenvalue weighted by atomic mass is 9.65. The summed E-state index contributed by atoms with van der Waals surface area (Å²) in [6, 6.07) is 17.0. The van der Waals surface area contributed by atoms with Gasteiger partial charge in [-0.3, -0.25) is 14.5 Å². The highest BCUT2D eigenvalue weighted by Crippen LogP contribution is 2.54. The fraction of sp³-hybridized carbons (Fsp3) is 0.406. The van der Waals surface area contributed by atoms with Crippen molar-refractivity contribution in [2.75, 3.05) is 38.5 Å². The van der Waals surface area contributed by atoms with Crippen molar-refractivity contribution in [3.05, 3.63) is 72.3 Å². The third kappa shape index (κ3) is 5.72. The van der Waals surface area contributed by atoms with E-state index in [1.54, 1.807) is 10.8 Å². The van der Waals surface area contributed by atoms with Gasteiger partial charge in [-0.1, -0.05) is 30.7 Å². The van der Waals surface area contributed by atoms with E-state index >= 15 is 0 Å². The van der Waals surface area contributed by atoms with E-state index in [-0.39, 0.29) is 22.9 Å². The summed E-state index contributed by atoms with van der Waals surface area (Å²) < 4.78 is 7.65. The molecule has 1 spiro atoms. The van der Waals surface area contributed by atoms with Gasteiger partial charge in [-0.15, -0.1) is 0 Å². The minimum absolute atomic E-state index is 0.0623. The van der Waals surface area contributed by atoms with E-state index in [2.05, 4.69) is 4.90 Å². The van der Waals surface area contributed by atoms with E-state index in [9.17, 15) is 9.59 Å². The molecule has 1 aliphatic carbocycles. The third-order valence-corrected chi connectivity index (χ3v) is 8.81. The number of amides is 2. The van der Waals surface area contributed by atoms with Gasteiger partial charge in [0.05, 0.1) is 6.04 Å². The lowest BCUT2D eigenvalue weighted by molar-refractivity contribution is -0.125. The van der Waals surface area contributed by atoms with Crippen molar-refractivity contribution in [1.82, 2.24) is 19.6 Å². The van der Waals surface area contributed by atoms with Gasteiger partial charge in [0.15, 0.2) is 0 Å².